The summed E-state index contributed by atoms with van der Waals surface area (Å²) in [6, 6.07) is 4.11. The molecule has 0 aromatic heterocycles. The van der Waals surface area contributed by atoms with E-state index in [0.717, 1.165) is 17.4 Å². The molecule has 1 aliphatic carbocycles. The molecule has 100 valence electrons. The number of hydrogen-bond acceptors (Lipinski definition) is 3. The highest BCUT2D eigenvalue weighted by molar-refractivity contribution is 6.32. The lowest BCUT2D eigenvalue weighted by molar-refractivity contribution is 0.404. The fourth-order valence-corrected chi connectivity index (χ4v) is 2.38. The Morgan fingerprint density at radius 1 is 1.28 bits per heavy atom. The van der Waals surface area contributed by atoms with Crippen LogP contribution in [-0.2, 0) is 0 Å². The number of halogens is 1. The summed E-state index contributed by atoms with van der Waals surface area (Å²) in [5.74, 6) is 2.31. The van der Waals surface area contributed by atoms with Crippen molar-refractivity contribution in [2.75, 3.05) is 19.5 Å². The van der Waals surface area contributed by atoms with Gasteiger partial charge in [-0.2, -0.15) is 0 Å². The molecule has 18 heavy (non-hydrogen) atoms. The Morgan fingerprint density at radius 2 is 1.94 bits per heavy atom. The number of ether oxygens (including phenoxy) is 2. The minimum absolute atomic E-state index is 0.428. The fraction of sp³-hybridized carbons (Fsp3) is 0.571. The molecule has 1 saturated carbocycles. The Morgan fingerprint density at radius 3 is 2.50 bits per heavy atom. The maximum absolute atomic E-state index is 6.08. The van der Waals surface area contributed by atoms with Crippen LogP contribution in [0.2, 0.25) is 5.02 Å². The molecule has 1 aromatic carbocycles. The van der Waals surface area contributed by atoms with E-state index in [2.05, 4.69) is 12.2 Å². The average Bonchev–Trinajstić information content (AvgIpc) is 3.14. The molecule has 0 saturated heterocycles. The van der Waals surface area contributed by atoms with Crippen molar-refractivity contribution in [2.45, 2.75) is 32.2 Å². The van der Waals surface area contributed by atoms with Crippen molar-refractivity contribution < 1.29 is 9.47 Å². The molecule has 4 heteroatoms. The molecule has 0 amide bonds. The molecule has 1 fully saturated rings. The molecule has 0 heterocycles. The van der Waals surface area contributed by atoms with Gasteiger partial charge in [-0.3, -0.25) is 0 Å². The molecule has 1 aliphatic rings. The highest BCUT2D eigenvalue weighted by Gasteiger charge is 2.24. The van der Waals surface area contributed by atoms with Crippen molar-refractivity contribution in [3.8, 4) is 11.5 Å². The van der Waals surface area contributed by atoms with Crippen LogP contribution in [0.25, 0.3) is 0 Å². The number of benzene rings is 1. The van der Waals surface area contributed by atoms with Gasteiger partial charge in [0.15, 0.2) is 0 Å². The summed E-state index contributed by atoms with van der Waals surface area (Å²) >= 11 is 6.08. The predicted octanol–water partition coefficient (Wildman–Crippen LogP) is 3.96. The zero-order valence-corrected chi connectivity index (χ0v) is 11.9. The van der Waals surface area contributed by atoms with Crippen LogP contribution in [0.1, 0.15) is 26.2 Å². The molecule has 1 aromatic rings. The Hall–Kier alpha value is -1.09. The Balaban J connectivity index is 2.13. The van der Waals surface area contributed by atoms with Gasteiger partial charge in [0.1, 0.15) is 11.5 Å². The van der Waals surface area contributed by atoms with Crippen molar-refractivity contribution >= 4 is 17.3 Å². The van der Waals surface area contributed by atoms with E-state index in [1.807, 2.05) is 6.07 Å². The molecule has 1 N–H and O–H groups in total. The third kappa shape index (κ3) is 3.22. The zero-order valence-electron chi connectivity index (χ0n) is 11.1. The Kier molecular flexibility index (Phi) is 4.23. The maximum Gasteiger partial charge on any atom is 0.143 e. The first kappa shape index (κ1) is 13.3. The molecule has 1 atom stereocenters. The summed E-state index contributed by atoms with van der Waals surface area (Å²) in [6.07, 6.45) is 3.94. The lowest BCUT2D eigenvalue weighted by Gasteiger charge is -2.18. The first-order valence-electron chi connectivity index (χ1n) is 6.32. The van der Waals surface area contributed by atoms with E-state index >= 15 is 0 Å². The van der Waals surface area contributed by atoms with Crippen LogP contribution in [0, 0.1) is 5.92 Å². The molecule has 3 nitrogen and oxygen atoms in total. The second kappa shape index (κ2) is 5.70. The summed E-state index contributed by atoms with van der Waals surface area (Å²) in [5.41, 5.74) is 0.937. The van der Waals surface area contributed by atoms with Gasteiger partial charge in [-0.25, -0.2) is 0 Å². The van der Waals surface area contributed by atoms with Crippen LogP contribution in [0.5, 0.6) is 11.5 Å². The minimum atomic E-state index is 0.428. The van der Waals surface area contributed by atoms with Gasteiger partial charge in [-0.15, -0.1) is 0 Å². The average molecular weight is 270 g/mol. The minimum Gasteiger partial charge on any atom is -0.495 e. The van der Waals surface area contributed by atoms with Crippen LogP contribution in [0.3, 0.4) is 0 Å². The number of methoxy groups -OCH3 is 2. The molecule has 1 unspecified atom stereocenters. The van der Waals surface area contributed by atoms with Crippen molar-refractivity contribution in [3.05, 3.63) is 17.2 Å². The number of rotatable bonds is 6. The maximum atomic E-state index is 6.08. The quantitative estimate of drug-likeness (QED) is 0.848. The molecule has 0 radical (unpaired) electrons. The fourth-order valence-electron chi connectivity index (χ4n) is 2.15. The third-order valence-corrected chi connectivity index (χ3v) is 3.56. The van der Waals surface area contributed by atoms with Crippen molar-refractivity contribution in [1.29, 1.82) is 0 Å². The van der Waals surface area contributed by atoms with Gasteiger partial charge in [-0.1, -0.05) is 24.4 Å². The van der Waals surface area contributed by atoms with Gasteiger partial charge in [-0.05, 0) is 19.3 Å². The van der Waals surface area contributed by atoms with Gasteiger partial charge in [0.05, 0.1) is 24.9 Å². The second-order valence-corrected chi connectivity index (χ2v) is 5.32. The van der Waals surface area contributed by atoms with Crippen molar-refractivity contribution in [3.63, 3.8) is 0 Å². The molecule has 0 spiro atoms. The highest BCUT2D eigenvalue weighted by Crippen LogP contribution is 2.38. The Labute approximate surface area is 113 Å². The topological polar surface area (TPSA) is 30.5 Å². The summed E-state index contributed by atoms with van der Waals surface area (Å²) < 4.78 is 10.6. The van der Waals surface area contributed by atoms with E-state index in [1.54, 1.807) is 20.3 Å². The summed E-state index contributed by atoms with van der Waals surface area (Å²) in [4.78, 5) is 0. The largest absolute Gasteiger partial charge is 0.495 e. The van der Waals surface area contributed by atoms with Crippen LogP contribution in [0.4, 0.5) is 5.69 Å². The zero-order chi connectivity index (χ0) is 13.1. The first-order chi connectivity index (χ1) is 8.63. The normalized spacial score (nSPS) is 16.2. The van der Waals surface area contributed by atoms with E-state index in [-0.39, 0.29) is 0 Å². The van der Waals surface area contributed by atoms with E-state index in [4.69, 9.17) is 21.1 Å². The number of hydrogen-bond donors (Lipinski definition) is 1. The molecule has 0 aliphatic heterocycles. The third-order valence-electron chi connectivity index (χ3n) is 3.26. The summed E-state index contributed by atoms with van der Waals surface area (Å²) in [5, 5.41) is 4.04. The van der Waals surface area contributed by atoms with Gasteiger partial charge in [0, 0.05) is 18.2 Å². The molecular formula is C14H20ClNO2. The second-order valence-electron chi connectivity index (χ2n) is 4.91. The SMILES string of the molecule is COc1cc(NC(C)CC2CC2)c(OC)cc1Cl. The monoisotopic (exact) mass is 269 g/mol. The van der Waals surface area contributed by atoms with Gasteiger partial charge in [0.2, 0.25) is 0 Å². The lowest BCUT2D eigenvalue weighted by atomic mass is 10.1. The number of anilines is 1. The van der Waals surface area contributed by atoms with Gasteiger partial charge < -0.3 is 14.8 Å². The standard InChI is InChI=1S/C14H20ClNO2/c1-9(6-10-4-5-10)16-12-8-13(17-2)11(15)7-14(12)18-3/h7-10,16H,4-6H2,1-3H3. The predicted molar refractivity (Wildman–Crippen MR) is 75.0 cm³/mol. The molecule has 2 rings (SSSR count). The van der Waals surface area contributed by atoms with Crippen LogP contribution >= 0.6 is 11.6 Å². The Bertz CT molecular complexity index is 419. The van der Waals surface area contributed by atoms with E-state index in [1.165, 1.54) is 19.3 Å². The van der Waals surface area contributed by atoms with Crippen LogP contribution in [0.15, 0.2) is 12.1 Å². The molecule has 0 bridgehead atoms. The van der Waals surface area contributed by atoms with E-state index in [0.29, 0.717) is 16.8 Å². The van der Waals surface area contributed by atoms with Gasteiger partial charge >= 0.3 is 0 Å². The number of nitrogens with one attached hydrogen (secondary N) is 1. The van der Waals surface area contributed by atoms with Crippen molar-refractivity contribution in [2.24, 2.45) is 5.92 Å². The molecular weight excluding hydrogens is 250 g/mol. The lowest BCUT2D eigenvalue weighted by Crippen LogP contribution is -2.16. The van der Waals surface area contributed by atoms with Crippen LogP contribution < -0.4 is 14.8 Å². The van der Waals surface area contributed by atoms with Gasteiger partial charge in [0.25, 0.3) is 0 Å². The summed E-state index contributed by atoms with van der Waals surface area (Å²) in [6.45, 7) is 2.19. The summed E-state index contributed by atoms with van der Waals surface area (Å²) in [7, 11) is 3.26. The van der Waals surface area contributed by atoms with E-state index in [9.17, 15) is 0 Å². The van der Waals surface area contributed by atoms with Crippen molar-refractivity contribution in [1.82, 2.24) is 0 Å². The van der Waals surface area contributed by atoms with E-state index < -0.39 is 0 Å². The van der Waals surface area contributed by atoms with Crippen LogP contribution in [-0.4, -0.2) is 20.3 Å². The first-order valence-corrected chi connectivity index (χ1v) is 6.70. The smallest absolute Gasteiger partial charge is 0.143 e. The highest BCUT2D eigenvalue weighted by atomic mass is 35.5.